The Morgan fingerprint density at radius 1 is 1.44 bits per heavy atom. The first-order valence-electron chi connectivity index (χ1n) is 6.23. The lowest BCUT2D eigenvalue weighted by Crippen LogP contribution is -2.42. The lowest BCUT2D eigenvalue weighted by molar-refractivity contribution is 0.130. The maximum Gasteiger partial charge on any atom is 0.0314 e. The summed E-state index contributed by atoms with van der Waals surface area (Å²) in [7, 11) is 0. The summed E-state index contributed by atoms with van der Waals surface area (Å²) >= 11 is 5.56. The molecule has 0 saturated heterocycles. The number of halogens is 1. The van der Waals surface area contributed by atoms with Crippen LogP contribution in [-0.2, 0) is 6.42 Å². The van der Waals surface area contributed by atoms with Gasteiger partial charge in [0, 0.05) is 21.9 Å². The summed E-state index contributed by atoms with van der Waals surface area (Å²) in [6, 6.07) is 3.03. The van der Waals surface area contributed by atoms with Gasteiger partial charge in [-0.15, -0.1) is 11.3 Å². The van der Waals surface area contributed by atoms with Crippen molar-refractivity contribution in [3.63, 3.8) is 0 Å². The van der Waals surface area contributed by atoms with E-state index in [9.17, 15) is 0 Å². The van der Waals surface area contributed by atoms with Crippen LogP contribution < -0.4 is 5.32 Å². The largest absolute Gasteiger partial charge is 0.313 e. The van der Waals surface area contributed by atoms with E-state index in [1.54, 1.807) is 0 Å². The highest BCUT2D eigenvalue weighted by Crippen LogP contribution is 2.45. The molecule has 3 heteroatoms. The Labute approximate surface area is 110 Å². The van der Waals surface area contributed by atoms with Gasteiger partial charge >= 0.3 is 0 Å². The topological polar surface area (TPSA) is 12.0 Å². The van der Waals surface area contributed by atoms with Crippen LogP contribution in [0.25, 0.3) is 0 Å². The summed E-state index contributed by atoms with van der Waals surface area (Å²) < 4.78 is 1.31. The fourth-order valence-corrected chi connectivity index (χ4v) is 4.20. The van der Waals surface area contributed by atoms with Crippen LogP contribution in [0.2, 0.25) is 0 Å². The van der Waals surface area contributed by atoms with Gasteiger partial charge in [0.1, 0.15) is 0 Å². The fraction of sp³-hybridized carbons (Fsp3) is 0.692. The molecular weight excluding hydrogens is 282 g/mol. The minimum Gasteiger partial charge on any atom is -0.313 e. The normalized spacial score (nSPS) is 23.1. The molecule has 0 aromatic carbocycles. The molecule has 0 unspecified atom stereocenters. The maximum atomic E-state index is 3.72. The average molecular weight is 300 g/mol. The Balaban J connectivity index is 1.62. The molecular formula is C13H18BrNS. The minimum atomic E-state index is 0.579. The van der Waals surface area contributed by atoms with E-state index in [-0.39, 0.29) is 0 Å². The Morgan fingerprint density at radius 2 is 2.25 bits per heavy atom. The van der Waals surface area contributed by atoms with Gasteiger partial charge in [-0.3, -0.25) is 0 Å². The van der Waals surface area contributed by atoms with Gasteiger partial charge in [0.25, 0.3) is 0 Å². The standard InChI is InChI=1S/C13H18BrNS/c14-11-4-7-16-12(11)8-13(5-1-6-13)9-15-10-2-3-10/h4,7,10,15H,1-3,5-6,8-9H2. The first-order valence-corrected chi connectivity index (χ1v) is 7.90. The van der Waals surface area contributed by atoms with Crippen molar-refractivity contribution in [3.05, 3.63) is 20.8 Å². The van der Waals surface area contributed by atoms with Crippen LogP contribution in [0.15, 0.2) is 15.9 Å². The predicted octanol–water partition coefficient (Wildman–Crippen LogP) is 3.98. The molecule has 0 atom stereocenters. The molecule has 3 rings (SSSR count). The molecule has 2 aliphatic carbocycles. The molecule has 0 radical (unpaired) electrons. The van der Waals surface area contributed by atoms with Crippen LogP contribution in [0, 0.1) is 5.41 Å². The van der Waals surface area contributed by atoms with E-state index < -0.39 is 0 Å². The van der Waals surface area contributed by atoms with E-state index in [1.807, 2.05) is 11.3 Å². The van der Waals surface area contributed by atoms with Gasteiger partial charge in [0.05, 0.1) is 0 Å². The second kappa shape index (κ2) is 4.43. The van der Waals surface area contributed by atoms with Crippen LogP contribution in [0.3, 0.4) is 0 Å². The van der Waals surface area contributed by atoms with Gasteiger partial charge in [0.2, 0.25) is 0 Å². The quantitative estimate of drug-likeness (QED) is 0.867. The van der Waals surface area contributed by atoms with Crippen LogP contribution in [0.1, 0.15) is 37.0 Å². The molecule has 1 nitrogen and oxygen atoms in total. The van der Waals surface area contributed by atoms with Gasteiger partial charge in [-0.2, -0.15) is 0 Å². The zero-order chi connectivity index (χ0) is 11.0. The van der Waals surface area contributed by atoms with E-state index in [0.717, 1.165) is 6.04 Å². The molecule has 1 aromatic rings. The van der Waals surface area contributed by atoms with Gasteiger partial charge in [-0.05, 0) is 64.9 Å². The number of hydrogen-bond donors (Lipinski definition) is 1. The van der Waals surface area contributed by atoms with Crippen molar-refractivity contribution in [2.75, 3.05) is 6.54 Å². The number of thiophene rings is 1. The van der Waals surface area contributed by atoms with Crippen LogP contribution >= 0.6 is 27.3 Å². The molecule has 2 aliphatic rings. The van der Waals surface area contributed by atoms with E-state index in [1.165, 1.54) is 54.4 Å². The lowest BCUT2D eigenvalue weighted by atomic mass is 9.66. The maximum absolute atomic E-state index is 3.72. The van der Waals surface area contributed by atoms with Gasteiger partial charge in [-0.1, -0.05) is 6.42 Å². The molecule has 0 aliphatic heterocycles. The molecule has 2 fully saturated rings. The summed E-state index contributed by atoms with van der Waals surface area (Å²) in [5.41, 5.74) is 0.579. The zero-order valence-electron chi connectivity index (χ0n) is 9.47. The third-order valence-corrected chi connectivity index (χ3v) is 5.91. The summed E-state index contributed by atoms with van der Waals surface area (Å²) in [4.78, 5) is 1.54. The highest BCUT2D eigenvalue weighted by atomic mass is 79.9. The van der Waals surface area contributed by atoms with Crippen molar-refractivity contribution in [1.29, 1.82) is 0 Å². The molecule has 88 valence electrons. The van der Waals surface area contributed by atoms with E-state index in [4.69, 9.17) is 0 Å². The summed E-state index contributed by atoms with van der Waals surface area (Å²) in [5, 5.41) is 5.92. The van der Waals surface area contributed by atoms with Crippen molar-refractivity contribution in [2.24, 2.45) is 5.41 Å². The Kier molecular flexibility index (Phi) is 3.11. The number of rotatable bonds is 5. The van der Waals surface area contributed by atoms with Crippen molar-refractivity contribution < 1.29 is 0 Å². The van der Waals surface area contributed by atoms with E-state index in [2.05, 4.69) is 32.7 Å². The Bertz CT molecular complexity index is 366. The number of nitrogens with one attached hydrogen (secondary N) is 1. The highest BCUT2D eigenvalue weighted by molar-refractivity contribution is 9.10. The van der Waals surface area contributed by atoms with Crippen molar-refractivity contribution >= 4 is 27.3 Å². The molecule has 2 saturated carbocycles. The summed E-state index contributed by atoms with van der Waals surface area (Å²) in [5.74, 6) is 0. The first-order chi connectivity index (χ1) is 7.77. The SMILES string of the molecule is Brc1ccsc1CC1(CNC2CC2)CCC1. The molecule has 0 spiro atoms. The van der Waals surface area contributed by atoms with Crippen LogP contribution in [0.4, 0.5) is 0 Å². The van der Waals surface area contributed by atoms with Gasteiger partial charge in [0.15, 0.2) is 0 Å². The zero-order valence-corrected chi connectivity index (χ0v) is 11.9. The van der Waals surface area contributed by atoms with E-state index in [0.29, 0.717) is 5.41 Å². The predicted molar refractivity (Wildman–Crippen MR) is 73.0 cm³/mol. The van der Waals surface area contributed by atoms with Crippen LogP contribution in [-0.4, -0.2) is 12.6 Å². The second-order valence-electron chi connectivity index (χ2n) is 5.38. The Hall–Kier alpha value is 0.140. The smallest absolute Gasteiger partial charge is 0.0314 e. The minimum absolute atomic E-state index is 0.579. The fourth-order valence-electron chi connectivity index (χ4n) is 2.53. The molecule has 0 bridgehead atoms. The molecule has 16 heavy (non-hydrogen) atoms. The summed E-state index contributed by atoms with van der Waals surface area (Å²) in [6.45, 7) is 1.24. The van der Waals surface area contributed by atoms with Crippen LogP contribution in [0.5, 0.6) is 0 Å². The second-order valence-corrected chi connectivity index (χ2v) is 7.23. The third-order valence-electron chi connectivity index (χ3n) is 3.98. The number of hydrogen-bond acceptors (Lipinski definition) is 2. The van der Waals surface area contributed by atoms with Gasteiger partial charge in [-0.25, -0.2) is 0 Å². The Morgan fingerprint density at radius 3 is 2.75 bits per heavy atom. The monoisotopic (exact) mass is 299 g/mol. The third kappa shape index (κ3) is 2.36. The van der Waals surface area contributed by atoms with E-state index >= 15 is 0 Å². The average Bonchev–Trinajstić information content (AvgIpc) is 2.96. The first kappa shape index (κ1) is 11.2. The van der Waals surface area contributed by atoms with Crippen molar-refractivity contribution in [1.82, 2.24) is 5.32 Å². The van der Waals surface area contributed by atoms with Crippen molar-refractivity contribution in [2.45, 2.75) is 44.6 Å². The van der Waals surface area contributed by atoms with Crippen molar-refractivity contribution in [3.8, 4) is 0 Å². The molecule has 0 amide bonds. The van der Waals surface area contributed by atoms with Gasteiger partial charge < -0.3 is 5.32 Å². The molecule has 1 heterocycles. The highest BCUT2D eigenvalue weighted by Gasteiger charge is 2.38. The lowest BCUT2D eigenvalue weighted by Gasteiger charge is -2.42. The summed E-state index contributed by atoms with van der Waals surface area (Å²) in [6.07, 6.45) is 8.33. The molecule has 1 aromatic heterocycles. The molecule has 1 N–H and O–H groups in total.